The first-order valence-electron chi connectivity index (χ1n) is 4.53. The van der Waals surface area contributed by atoms with Crippen molar-refractivity contribution in [2.75, 3.05) is 12.4 Å². The number of aromatic nitrogens is 1. The van der Waals surface area contributed by atoms with Crippen LogP contribution in [0, 0.1) is 17.1 Å². The maximum absolute atomic E-state index is 13.5. The molecule has 0 radical (unpaired) electrons. The standard InChI is InChI=1S/C11H7ClFN3/c1-15-10-6(4-14)5-16-11-8(13)3-2-7(12)9(10)11/h2-3,5H,1H3,(H,15,16). The van der Waals surface area contributed by atoms with Gasteiger partial charge in [-0.25, -0.2) is 4.39 Å². The van der Waals surface area contributed by atoms with Gasteiger partial charge in [0.1, 0.15) is 17.4 Å². The van der Waals surface area contributed by atoms with E-state index in [0.29, 0.717) is 21.7 Å². The van der Waals surface area contributed by atoms with Crippen LogP contribution in [0.2, 0.25) is 5.02 Å². The normalized spacial score (nSPS) is 10.1. The van der Waals surface area contributed by atoms with Crippen molar-refractivity contribution in [1.29, 1.82) is 5.26 Å². The van der Waals surface area contributed by atoms with Crippen molar-refractivity contribution in [1.82, 2.24) is 4.98 Å². The highest BCUT2D eigenvalue weighted by Gasteiger charge is 2.13. The largest absolute Gasteiger partial charge is 0.386 e. The van der Waals surface area contributed by atoms with Gasteiger partial charge in [-0.15, -0.1) is 0 Å². The van der Waals surface area contributed by atoms with E-state index in [1.54, 1.807) is 7.05 Å². The molecule has 1 heterocycles. The molecular weight excluding hydrogens is 229 g/mol. The number of nitrogens with one attached hydrogen (secondary N) is 1. The molecule has 0 aliphatic rings. The summed E-state index contributed by atoms with van der Waals surface area (Å²) in [6.45, 7) is 0. The molecule has 0 fully saturated rings. The Morgan fingerprint density at radius 1 is 1.50 bits per heavy atom. The molecule has 0 aliphatic carbocycles. The van der Waals surface area contributed by atoms with Gasteiger partial charge in [-0.3, -0.25) is 4.98 Å². The fourth-order valence-corrected chi connectivity index (χ4v) is 1.82. The van der Waals surface area contributed by atoms with Crippen LogP contribution >= 0.6 is 11.6 Å². The minimum absolute atomic E-state index is 0.163. The molecule has 2 aromatic rings. The lowest BCUT2D eigenvalue weighted by atomic mass is 10.1. The summed E-state index contributed by atoms with van der Waals surface area (Å²) in [5.74, 6) is -0.458. The molecule has 16 heavy (non-hydrogen) atoms. The number of fused-ring (bicyclic) bond motifs is 1. The third kappa shape index (κ3) is 1.46. The molecule has 0 amide bonds. The molecule has 5 heteroatoms. The van der Waals surface area contributed by atoms with Crippen LogP contribution in [0.25, 0.3) is 10.9 Å². The van der Waals surface area contributed by atoms with E-state index in [-0.39, 0.29) is 5.52 Å². The van der Waals surface area contributed by atoms with Crippen LogP contribution in [0.15, 0.2) is 18.3 Å². The van der Waals surface area contributed by atoms with Gasteiger partial charge in [-0.05, 0) is 12.1 Å². The monoisotopic (exact) mass is 235 g/mol. The van der Waals surface area contributed by atoms with E-state index in [1.807, 2.05) is 6.07 Å². The zero-order chi connectivity index (χ0) is 11.7. The zero-order valence-corrected chi connectivity index (χ0v) is 9.14. The summed E-state index contributed by atoms with van der Waals surface area (Å²) < 4.78 is 13.5. The number of nitrogens with zero attached hydrogens (tertiary/aromatic N) is 2. The summed E-state index contributed by atoms with van der Waals surface area (Å²) in [7, 11) is 1.65. The Kier molecular flexibility index (Phi) is 2.63. The summed E-state index contributed by atoms with van der Waals surface area (Å²) >= 11 is 5.99. The fraction of sp³-hybridized carbons (Fsp3) is 0.0909. The number of rotatable bonds is 1. The second kappa shape index (κ2) is 3.95. The number of hydrogen-bond acceptors (Lipinski definition) is 3. The van der Waals surface area contributed by atoms with E-state index in [0.717, 1.165) is 0 Å². The molecule has 0 saturated heterocycles. The molecule has 0 bridgehead atoms. The Morgan fingerprint density at radius 3 is 2.88 bits per heavy atom. The molecule has 0 aliphatic heterocycles. The van der Waals surface area contributed by atoms with Crippen LogP contribution in [0.3, 0.4) is 0 Å². The van der Waals surface area contributed by atoms with Gasteiger partial charge in [-0.2, -0.15) is 5.26 Å². The van der Waals surface area contributed by atoms with E-state index in [1.165, 1.54) is 18.3 Å². The summed E-state index contributed by atoms with van der Waals surface area (Å²) in [5.41, 5.74) is 0.996. The highest BCUT2D eigenvalue weighted by molar-refractivity contribution is 6.36. The molecule has 1 aromatic heterocycles. The van der Waals surface area contributed by atoms with E-state index in [2.05, 4.69) is 10.3 Å². The number of pyridine rings is 1. The van der Waals surface area contributed by atoms with Crippen molar-refractivity contribution in [2.24, 2.45) is 0 Å². The summed E-state index contributed by atoms with van der Waals surface area (Å²) in [6, 6.07) is 4.68. The lowest BCUT2D eigenvalue weighted by Crippen LogP contribution is -1.97. The van der Waals surface area contributed by atoms with E-state index in [9.17, 15) is 4.39 Å². The van der Waals surface area contributed by atoms with Crippen LogP contribution in [0.1, 0.15) is 5.56 Å². The van der Waals surface area contributed by atoms with Gasteiger partial charge in [0.2, 0.25) is 0 Å². The molecule has 0 spiro atoms. The van der Waals surface area contributed by atoms with Gasteiger partial charge in [0.25, 0.3) is 0 Å². The van der Waals surface area contributed by atoms with Crippen molar-refractivity contribution in [3.8, 4) is 6.07 Å². The fourth-order valence-electron chi connectivity index (χ4n) is 1.58. The third-order valence-corrected chi connectivity index (χ3v) is 2.61. The number of nitriles is 1. The SMILES string of the molecule is CNc1c(C#N)cnc2c(F)ccc(Cl)c12. The number of benzene rings is 1. The lowest BCUT2D eigenvalue weighted by molar-refractivity contribution is 0.637. The van der Waals surface area contributed by atoms with Crippen LogP contribution in [0.5, 0.6) is 0 Å². The van der Waals surface area contributed by atoms with Crippen LogP contribution < -0.4 is 5.32 Å². The molecule has 1 N–H and O–H groups in total. The van der Waals surface area contributed by atoms with Gasteiger partial charge >= 0.3 is 0 Å². The van der Waals surface area contributed by atoms with Crippen LogP contribution in [-0.4, -0.2) is 12.0 Å². The average molecular weight is 236 g/mol. The third-order valence-electron chi connectivity index (χ3n) is 2.29. The number of halogens is 2. The van der Waals surface area contributed by atoms with Crippen LogP contribution in [0.4, 0.5) is 10.1 Å². The van der Waals surface area contributed by atoms with Gasteiger partial charge in [-0.1, -0.05) is 11.6 Å². The first-order valence-corrected chi connectivity index (χ1v) is 4.91. The number of anilines is 1. The minimum Gasteiger partial charge on any atom is -0.386 e. The predicted octanol–water partition coefficient (Wildman–Crippen LogP) is 2.94. The highest BCUT2D eigenvalue weighted by Crippen LogP contribution is 2.32. The molecular formula is C11H7ClFN3. The smallest absolute Gasteiger partial charge is 0.149 e. The van der Waals surface area contributed by atoms with Crippen LogP contribution in [-0.2, 0) is 0 Å². The maximum Gasteiger partial charge on any atom is 0.149 e. The first-order chi connectivity index (χ1) is 7.69. The van der Waals surface area contributed by atoms with Crippen molar-refractivity contribution in [3.63, 3.8) is 0 Å². The predicted molar refractivity (Wildman–Crippen MR) is 61.0 cm³/mol. The summed E-state index contributed by atoms with van der Waals surface area (Å²) in [4.78, 5) is 3.90. The zero-order valence-electron chi connectivity index (χ0n) is 8.38. The van der Waals surface area contributed by atoms with E-state index >= 15 is 0 Å². The Bertz CT molecular complexity index is 604. The lowest BCUT2D eigenvalue weighted by Gasteiger charge is -2.09. The van der Waals surface area contributed by atoms with Gasteiger partial charge in [0.15, 0.2) is 0 Å². The van der Waals surface area contributed by atoms with E-state index < -0.39 is 5.82 Å². The molecule has 0 saturated carbocycles. The Hall–Kier alpha value is -1.86. The summed E-state index contributed by atoms with van der Waals surface area (Å²) in [6.07, 6.45) is 1.33. The van der Waals surface area contributed by atoms with Crippen molar-refractivity contribution in [3.05, 3.63) is 34.7 Å². The molecule has 80 valence electrons. The molecule has 3 nitrogen and oxygen atoms in total. The van der Waals surface area contributed by atoms with Gasteiger partial charge in [0.05, 0.1) is 16.3 Å². The van der Waals surface area contributed by atoms with E-state index in [4.69, 9.17) is 16.9 Å². The van der Waals surface area contributed by atoms with Gasteiger partial charge < -0.3 is 5.32 Å². The number of hydrogen-bond donors (Lipinski definition) is 1. The van der Waals surface area contributed by atoms with Gasteiger partial charge in [0, 0.05) is 18.6 Å². The minimum atomic E-state index is -0.458. The topological polar surface area (TPSA) is 48.7 Å². The Labute approximate surface area is 96.5 Å². The molecule has 1 aromatic carbocycles. The van der Waals surface area contributed by atoms with Crippen molar-refractivity contribution < 1.29 is 4.39 Å². The molecule has 0 atom stereocenters. The maximum atomic E-state index is 13.5. The Balaban J connectivity index is 2.98. The quantitative estimate of drug-likeness (QED) is 0.827. The highest BCUT2D eigenvalue weighted by atomic mass is 35.5. The Morgan fingerprint density at radius 2 is 2.25 bits per heavy atom. The van der Waals surface area contributed by atoms with Crippen molar-refractivity contribution >= 4 is 28.2 Å². The van der Waals surface area contributed by atoms with Crippen molar-refractivity contribution in [2.45, 2.75) is 0 Å². The molecule has 2 rings (SSSR count). The second-order valence-corrected chi connectivity index (χ2v) is 3.57. The second-order valence-electron chi connectivity index (χ2n) is 3.16. The molecule has 0 unspecified atom stereocenters. The summed E-state index contributed by atoms with van der Waals surface area (Å²) in [5, 5.41) is 12.5. The first kappa shape index (κ1) is 10.7. The average Bonchev–Trinajstić information content (AvgIpc) is 2.32.